The van der Waals surface area contributed by atoms with Crippen LogP contribution in [-0.2, 0) is 13.2 Å². The maximum absolute atomic E-state index is 11.1. The first-order valence-corrected chi connectivity index (χ1v) is 16.4. The molecule has 7 rings (SSSR count). The molecule has 244 valence electrons. The molecule has 1 aliphatic carbocycles. The molecule has 1 N–H and O–H groups in total. The average Bonchev–Trinajstić information content (AvgIpc) is 3.80. The van der Waals surface area contributed by atoms with Crippen LogP contribution in [-0.4, -0.2) is 31.0 Å². The number of para-hydroxylation sites is 2. The van der Waals surface area contributed by atoms with Crippen LogP contribution < -0.4 is 9.47 Å². The van der Waals surface area contributed by atoms with Crippen molar-refractivity contribution in [2.75, 3.05) is 0 Å². The first kappa shape index (κ1) is 32.5. The summed E-state index contributed by atoms with van der Waals surface area (Å²) in [6.45, 7) is 0.824. The first-order valence-electron chi connectivity index (χ1n) is 16.4. The van der Waals surface area contributed by atoms with Gasteiger partial charge in [-0.2, -0.15) is 0 Å². The van der Waals surface area contributed by atoms with Crippen LogP contribution in [0.5, 0.6) is 11.8 Å². The normalized spacial score (nSPS) is 13.6. The third kappa shape index (κ3) is 8.46. The quantitative estimate of drug-likeness (QED) is 0.143. The largest absolute Gasteiger partial charge is 0.471 e. The number of aliphatic hydroxyl groups excluding tert-OH is 1. The van der Waals surface area contributed by atoms with E-state index in [-0.39, 0.29) is 5.92 Å². The monoisotopic (exact) mass is 640 g/mol. The minimum absolute atomic E-state index is 0.284. The predicted molar refractivity (Wildman–Crippen MR) is 186 cm³/mol. The van der Waals surface area contributed by atoms with Crippen LogP contribution in [0.4, 0.5) is 0 Å². The third-order valence-corrected chi connectivity index (χ3v) is 8.43. The van der Waals surface area contributed by atoms with E-state index in [4.69, 9.17) is 9.47 Å². The van der Waals surface area contributed by atoms with Gasteiger partial charge in [0.15, 0.2) is 6.29 Å². The van der Waals surface area contributed by atoms with Crippen molar-refractivity contribution in [2.45, 2.75) is 51.4 Å². The van der Waals surface area contributed by atoms with Gasteiger partial charge in [0, 0.05) is 12.4 Å². The van der Waals surface area contributed by atoms with E-state index in [2.05, 4.69) is 10.2 Å². The lowest BCUT2D eigenvalue weighted by atomic mass is 9.83. The van der Waals surface area contributed by atoms with Gasteiger partial charge in [0.2, 0.25) is 11.8 Å². The van der Waals surface area contributed by atoms with Crippen molar-refractivity contribution in [1.82, 2.24) is 19.6 Å². The lowest BCUT2D eigenvalue weighted by molar-refractivity contribution is 0.0813. The van der Waals surface area contributed by atoms with Crippen LogP contribution in [0.3, 0.4) is 0 Å². The second-order valence-electron chi connectivity index (χ2n) is 11.8. The van der Waals surface area contributed by atoms with Crippen LogP contribution in [0.15, 0.2) is 134 Å². The molecular formula is C40H40N4O4. The van der Waals surface area contributed by atoms with Gasteiger partial charge in [-0.3, -0.25) is 4.79 Å². The van der Waals surface area contributed by atoms with E-state index in [1.54, 1.807) is 10.9 Å². The van der Waals surface area contributed by atoms with Crippen LogP contribution in [0, 0.1) is 5.92 Å². The van der Waals surface area contributed by atoms with Crippen molar-refractivity contribution in [2.24, 2.45) is 5.92 Å². The van der Waals surface area contributed by atoms with E-state index in [9.17, 15) is 9.90 Å². The highest BCUT2D eigenvalue weighted by Crippen LogP contribution is 2.38. The topological polar surface area (TPSA) is 91.4 Å². The summed E-state index contributed by atoms with van der Waals surface area (Å²) in [6, 6.07) is 39.4. The molecular weight excluding hydrogens is 600 g/mol. The molecule has 8 heteroatoms. The number of ether oxygens (including phenoxy) is 2. The Kier molecular flexibility index (Phi) is 11.1. The van der Waals surface area contributed by atoms with Crippen molar-refractivity contribution in [3.05, 3.63) is 156 Å². The fourth-order valence-electron chi connectivity index (χ4n) is 5.83. The maximum Gasteiger partial charge on any atom is 0.244 e. The summed E-state index contributed by atoms with van der Waals surface area (Å²) >= 11 is 0. The highest BCUT2D eigenvalue weighted by atomic mass is 16.5. The SMILES string of the molecule is O=Cc1cn(-c2ccccc2)nc1OCc1ccccc1.OC(c1cn(-c2ccccc2)nc1OCc1ccccc1)C1CCCCC1. The first-order chi connectivity index (χ1) is 23.7. The second-order valence-corrected chi connectivity index (χ2v) is 11.8. The highest BCUT2D eigenvalue weighted by molar-refractivity contribution is 5.78. The van der Waals surface area contributed by atoms with Gasteiger partial charge in [-0.25, -0.2) is 9.36 Å². The van der Waals surface area contributed by atoms with Gasteiger partial charge >= 0.3 is 0 Å². The number of aldehydes is 1. The van der Waals surface area contributed by atoms with Crippen LogP contribution in [0.1, 0.15) is 65.3 Å². The molecule has 1 aliphatic rings. The Morgan fingerprint density at radius 3 is 1.62 bits per heavy atom. The van der Waals surface area contributed by atoms with Crippen molar-refractivity contribution in [1.29, 1.82) is 0 Å². The molecule has 6 aromatic rings. The molecule has 1 unspecified atom stereocenters. The minimum Gasteiger partial charge on any atom is -0.471 e. The number of nitrogens with zero attached hydrogens (tertiary/aromatic N) is 4. The average molecular weight is 641 g/mol. The Balaban J connectivity index is 0.000000173. The van der Waals surface area contributed by atoms with Crippen molar-refractivity contribution in [3.8, 4) is 23.1 Å². The molecule has 0 bridgehead atoms. The molecule has 0 amide bonds. The Morgan fingerprint density at radius 1 is 0.646 bits per heavy atom. The lowest BCUT2D eigenvalue weighted by Crippen LogP contribution is -2.16. The van der Waals surface area contributed by atoms with Gasteiger partial charge in [0.05, 0.1) is 28.6 Å². The standard InChI is InChI=1S/C23H26N2O2.C17H14N2O2/c26-22(19-12-6-2-7-13-19)21-16-25(20-14-8-3-9-15-20)24-23(21)27-17-18-10-4-1-5-11-18;20-12-15-11-19(16-9-5-2-6-10-16)18-17(15)21-13-14-7-3-1-4-8-14/h1,3-5,8-11,14-16,19,22,26H,2,6-7,12-13,17H2;1-12H,13H2. The number of benzene rings is 4. The van der Waals surface area contributed by atoms with E-state index in [0.29, 0.717) is 30.5 Å². The maximum atomic E-state index is 11.1. The van der Waals surface area contributed by atoms with Crippen LogP contribution in [0.2, 0.25) is 0 Å². The zero-order valence-corrected chi connectivity index (χ0v) is 26.8. The molecule has 0 radical (unpaired) electrons. The number of rotatable bonds is 11. The number of aromatic nitrogens is 4. The van der Waals surface area contributed by atoms with Gasteiger partial charge < -0.3 is 14.6 Å². The Labute approximate surface area is 281 Å². The molecule has 8 nitrogen and oxygen atoms in total. The predicted octanol–water partition coefficient (Wildman–Crippen LogP) is 8.33. The van der Waals surface area contributed by atoms with Crippen LogP contribution in [0.25, 0.3) is 11.4 Å². The van der Waals surface area contributed by atoms with Crippen molar-refractivity contribution in [3.63, 3.8) is 0 Å². The zero-order valence-electron chi connectivity index (χ0n) is 26.8. The van der Waals surface area contributed by atoms with Gasteiger partial charge in [0.1, 0.15) is 13.2 Å². The Hall–Kier alpha value is -5.47. The fraction of sp³-hybridized carbons (Fsp3) is 0.225. The van der Waals surface area contributed by atoms with E-state index < -0.39 is 6.10 Å². The number of carbonyl (C=O) groups excluding carboxylic acids is 1. The molecule has 2 heterocycles. The Bertz CT molecular complexity index is 1830. The van der Waals surface area contributed by atoms with E-state index in [1.807, 2.05) is 132 Å². The van der Waals surface area contributed by atoms with Gasteiger partial charge in [-0.1, -0.05) is 116 Å². The van der Waals surface area contributed by atoms with Crippen molar-refractivity contribution >= 4 is 6.29 Å². The molecule has 48 heavy (non-hydrogen) atoms. The number of carbonyl (C=O) groups is 1. The summed E-state index contributed by atoms with van der Waals surface area (Å²) in [5.74, 6) is 1.16. The highest BCUT2D eigenvalue weighted by Gasteiger charge is 2.28. The number of aliphatic hydroxyl groups is 1. The lowest BCUT2D eigenvalue weighted by Gasteiger charge is -2.26. The Morgan fingerprint density at radius 2 is 1.10 bits per heavy atom. The molecule has 0 saturated heterocycles. The van der Waals surface area contributed by atoms with Crippen molar-refractivity contribution < 1.29 is 19.4 Å². The summed E-state index contributed by atoms with van der Waals surface area (Å²) in [6.07, 6.45) is 9.59. The van der Waals surface area contributed by atoms with E-state index in [1.165, 1.54) is 19.3 Å². The minimum atomic E-state index is -0.534. The molecule has 1 atom stereocenters. The molecule has 0 aliphatic heterocycles. The summed E-state index contributed by atoms with van der Waals surface area (Å²) in [7, 11) is 0. The molecule has 1 fully saturated rings. The van der Waals surface area contributed by atoms with E-state index in [0.717, 1.165) is 47.2 Å². The molecule has 2 aromatic heterocycles. The summed E-state index contributed by atoms with van der Waals surface area (Å²) in [5.41, 5.74) is 5.20. The molecule has 1 saturated carbocycles. The summed E-state index contributed by atoms with van der Waals surface area (Å²) < 4.78 is 15.1. The summed E-state index contributed by atoms with van der Waals surface area (Å²) in [4.78, 5) is 11.1. The number of hydrogen-bond acceptors (Lipinski definition) is 6. The van der Waals surface area contributed by atoms with E-state index >= 15 is 0 Å². The third-order valence-electron chi connectivity index (χ3n) is 8.43. The van der Waals surface area contributed by atoms with Gasteiger partial charge in [-0.15, -0.1) is 10.2 Å². The summed E-state index contributed by atoms with van der Waals surface area (Å²) in [5, 5.41) is 20.0. The number of hydrogen-bond donors (Lipinski definition) is 1. The zero-order chi connectivity index (χ0) is 33.0. The van der Waals surface area contributed by atoms with Gasteiger partial charge in [-0.05, 0) is 54.2 Å². The second kappa shape index (κ2) is 16.4. The fourth-order valence-corrected chi connectivity index (χ4v) is 5.83. The molecule has 0 spiro atoms. The molecule has 4 aromatic carbocycles. The van der Waals surface area contributed by atoms with Gasteiger partial charge in [0.25, 0.3) is 0 Å². The smallest absolute Gasteiger partial charge is 0.244 e. The van der Waals surface area contributed by atoms with Crippen LogP contribution >= 0.6 is 0 Å².